The number of nitrogens with one attached hydrogen (secondary N) is 1. The Labute approximate surface area is 212 Å². The van der Waals surface area contributed by atoms with E-state index in [0.29, 0.717) is 30.8 Å². The molecule has 36 heavy (non-hydrogen) atoms. The monoisotopic (exact) mass is 518 g/mol. The summed E-state index contributed by atoms with van der Waals surface area (Å²) in [5, 5.41) is 18.5. The second kappa shape index (κ2) is 8.58. The van der Waals surface area contributed by atoms with Gasteiger partial charge in [0.25, 0.3) is 5.92 Å². The van der Waals surface area contributed by atoms with Gasteiger partial charge in [0.1, 0.15) is 6.04 Å². The van der Waals surface area contributed by atoms with Crippen molar-refractivity contribution in [2.45, 2.75) is 62.6 Å². The zero-order chi connectivity index (χ0) is 25.2. The van der Waals surface area contributed by atoms with Gasteiger partial charge in [0.15, 0.2) is 5.15 Å². The van der Waals surface area contributed by atoms with Gasteiger partial charge in [0.05, 0.1) is 42.3 Å². The Morgan fingerprint density at radius 3 is 2.64 bits per heavy atom. The van der Waals surface area contributed by atoms with Crippen molar-refractivity contribution in [2.24, 2.45) is 0 Å². The van der Waals surface area contributed by atoms with Crippen molar-refractivity contribution in [3.8, 4) is 0 Å². The smallest absolute Gasteiger partial charge is 0.272 e. The summed E-state index contributed by atoms with van der Waals surface area (Å²) in [4.78, 5) is 11.4. The summed E-state index contributed by atoms with van der Waals surface area (Å²) in [6.45, 7) is 6.97. The van der Waals surface area contributed by atoms with Crippen LogP contribution in [0, 0.1) is 6.92 Å². The Morgan fingerprint density at radius 1 is 1.22 bits per heavy atom. The summed E-state index contributed by atoms with van der Waals surface area (Å²) in [5.41, 5.74) is 3.35. The first-order chi connectivity index (χ1) is 17.2. The molecule has 2 saturated heterocycles. The first-order valence-electron chi connectivity index (χ1n) is 12.3. The molecule has 4 heterocycles. The number of aliphatic hydroxyl groups is 1. The molecule has 3 aliphatic rings. The largest absolute Gasteiger partial charge is 0.389 e. The van der Waals surface area contributed by atoms with Gasteiger partial charge in [0, 0.05) is 18.0 Å². The van der Waals surface area contributed by atoms with Crippen molar-refractivity contribution in [2.75, 3.05) is 31.6 Å². The summed E-state index contributed by atoms with van der Waals surface area (Å²) in [5.74, 6) is -2.04. The zero-order valence-corrected chi connectivity index (χ0v) is 21.0. The Balaban J connectivity index is 1.20. The van der Waals surface area contributed by atoms with Gasteiger partial charge in [-0.2, -0.15) is 5.10 Å². The van der Waals surface area contributed by atoms with Gasteiger partial charge in [-0.05, 0) is 69.0 Å². The van der Waals surface area contributed by atoms with E-state index in [9.17, 15) is 13.9 Å². The van der Waals surface area contributed by atoms with Crippen molar-refractivity contribution in [3.05, 3.63) is 40.8 Å². The second-order valence-electron chi connectivity index (χ2n) is 10.5. The number of alkyl halides is 2. The third-order valence-electron chi connectivity index (χ3n) is 8.08. The fourth-order valence-corrected chi connectivity index (χ4v) is 5.86. The maximum atomic E-state index is 13.4. The molecule has 0 amide bonds. The molecule has 3 fully saturated rings. The third kappa shape index (κ3) is 4.04. The quantitative estimate of drug-likeness (QED) is 0.516. The molecular weight excluding hydrogens is 490 g/mol. The van der Waals surface area contributed by atoms with E-state index in [1.807, 2.05) is 0 Å². The highest BCUT2D eigenvalue weighted by Gasteiger charge is 2.59. The Bertz CT molecular complexity index is 1310. The summed E-state index contributed by atoms with van der Waals surface area (Å²) in [6.07, 6.45) is 4.44. The number of benzene rings is 1. The fourth-order valence-electron chi connectivity index (χ4n) is 5.60. The number of anilines is 2. The normalized spacial score (nSPS) is 28.6. The first kappa shape index (κ1) is 24.0. The maximum absolute atomic E-state index is 13.4. The molecule has 1 aromatic carbocycles. The summed E-state index contributed by atoms with van der Waals surface area (Å²) in [6, 6.07) is 3.24. The molecule has 192 valence electrons. The molecule has 1 saturated carbocycles. The van der Waals surface area contributed by atoms with Gasteiger partial charge in [-0.3, -0.25) is 4.90 Å². The Kier molecular flexibility index (Phi) is 5.71. The lowest BCUT2D eigenvalue weighted by Gasteiger charge is -2.43. The number of rotatable bonds is 5. The van der Waals surface area contributed by atoms with Crippen LogP contribution in [-0.2, 0) is 4.74 Å². The molecule has 2 aromatic heterocycles. The van der Waals surface area contributed by atoms with Crippen molar-refractivity contribution in [3.63, 3.8) is 0 Å². The molecule has 1 aliphatic carbocycles. The van der Waals surface area contributed by atoms with Gasteiger partial charge in [0.2, 0.25) is 5.95 Å². The van der Waals surface area contributed by atoms with E-state index in [1.54, 1.807) is 6.20 Å². The highest BCUT2D eigenvalue weighted by Crippen LogP contribution is 2.53. The zero-order valence-electron chi connectivity index (χ0n) is 20.2. The summed E-state index contributed by atoms with van der Waals surface area (Å²) < 4.78 is 33.6. The number of halogens is 3. The van der Waals surface area contributed by atoms with E-state index in [1.165, 1.54) is 17.3 Å². The lowest BCUT2D eigenvalue weighted by Crippen LogP contribution is -2.56. The Morgan fingerprint density at radius 2 is 1.97 bits per heavy atom. The number of hydrogen-bond acceptors (Lipinski definition) is 7. The molecule has 2 unspecified atom stereocenters. The molecule has 3 aromatic rings. The average Bonchev–Trinajstić information content (AvgIpc) is 3.13. The van der Waals surface area contributed by atoms with Crippen molar-refractivity contribution in [1.29, 1.82) is 0 Å². The highest BCUT2D eigenvalue weighted by molar-refractivity contribution is 6.32. The molecule has 0 radical (unpaired) electrons. The van der Waals surface area contributed by atoms with Gasteiger partial charge in [-0.15, -0.1) is 0 Å². The third-order valence-corrected chi connectivity index (χ3v) is 8.46. The highest BCUT2D eigenvalue weighted by atomic mass is 35.5. The summed E-state index contributed by atoms with van der Waals surface area (Å²) in [7, 11) is 0. The van der Waals surface area contributed by atoms with Gasteiger partial charge >= 0.3 is 0 Å². The van der Waals surface area contributed by atoms with Crippen LogP contribution in [0.3, 0.4) is 0 Å². The molecule has 3 atom stereocenters. The van der Waals surface area contributed by atoms with Crippen LogP contribution in [0.15, 0.2) is 24.5 Å². The summed E-state index contributed by atoms with van der Waals surface area (Å²) >= 11 is 6.30. The van der Waals surface area contributed by atoms with Crippen molar-refractivity contribution < 1.29 is 18.6 Å². The number of aromatic nitrogens is 4. The fraction of sp³-hybridized carbons (Fsp3) is 0.560. The predicted molar refractivity (Wildman–Crippen MR) is 132 cm³/mol. The van der Waals surface area contributed by atoms with Crippen molar-refractivity contribution in [1.82, 2.24) is 24.6 Å². The van der Waals surface area contributed by atoms with Crippen LogP contribution in [0.5, 0.6) is 0 Å². The number of likely N-dealkylation sites (tertiary alicyclic amines) is 1. The van der Waals surface area contributed by atoms with Gasteiger partial charge < -0.3 is 15.2 Å². The molecule has 2 N–H and O–H groups in total. The minimum atomic E-state index is -2.76. The topological polar surface area (TPSA) is 88.3 Å². The number of hydrogen-bond donors (Lipinski definition) is 2. The van der Waals surface area contributed by atoms with E-state index >= 15 is 0 Å². The number of aliphatic hydroxyl groups excluding tert-OH is 1. The molecule has 2 aliphatic heterocycles. The number of ether oxygens (including phenoxy) is 1. The minimum absolute atomic E-state index is 0.115. The maximum Gasteiger partial charge on any atom is 0.272 e. The van der Waals surface area contributed by atoms with Crippen LogP contribution in [0.25, 0.3) is 10.9 Å². The molecular formula is C25H29ClF2N6O2. The molecule has 8 nitrogen and oxygen atoms in total. The molecule has 0 bridgehead atoms. The number of fused-ring (bicyclic) bond motifs is 1. The van der Waals surface area contributed by atoms with Crippen LogP contribution >= 0.6 is 11.6 Å². The number of piperidine rings is 1. The van der Waals surface area contributed by atoms with Gasteiger partial charge in [-0.25, -0.2) is 23.4 Å². The molecule has 11 heteroatoms. The van der Waals surface area contributed by atoms with Crippen molar-refractivity contribution >= 4 is 34.1 Å². The van der Waals surface area contributed by atoms with Crippen LogP contribution in [-0.4, -0.2) is 73.6 Å². The van der Waals surface area contributed by atoms with E-state index in [0.717, 1.165) is 41.5 Å². The molecule has 6 rings (SSSR count). The standard InChI is InChI=1S/C25H29ClF2N6O2/c1-14-7-16-10-29-23(32-19-11-30-34(22(19)26)20-9-25(20,27)28)31-18(16)8-17(14)15-3-5-33(6-4-15)24(2)13-36-12-21(24)35/h7-8,10-11,15,20-21,35H,3-6,9,12-13H2,1-2H3,(H,29,31,32)/t20?,21?,24-/m1/s1. The minimum Gasteiger partial charge on any atom is -0.389 e. The number of aryl methyl sites for hydroxylation is 1. The lowest BCUT2D eigenvalue weighted by atomic mass is 9.84. The van der Waals surface area contributed by atoms with Crippen LogP contribution < -0.4 is 5.32 Å². The van der Waals surface area contributed by atoms with E-state index in [4.69, 9.17) is 16.3 Å². The van der Waals surface area contributed by atoms with Crippen LogP contribution in [0.2, 0.25) is 5.15 Å². The van der Waals surface area contributed by atoms with Gasteiger partial charge in [-0.1, -0.05) is 11.6 Å². The first-order valence-corrected chi connectivity index (χ1v) is 12.7. The SMILES string of the molecule is Cc1cc2cnc(Nc3cnn(C4CC4(F)F)c3Cl)nc2cc1C1CCN([C@]2(C)COCC2O)CC1. The molecule has 0 spiro atoms. The van der Waals surface area contributed by atoms with E-state index in [-0.39, 0.29) is 17.1 Å². The van der Waals surface area contributed by atoms with E-state index < -0.39 is 18.1 Å². The van der Waals surface area contributed by atoms with Crippen LogP contribution in [0.4, 0.5) is 20.4 Å². The average molecular weight is 519 g/mol. The lowest BCUT2D eigenvalue weighted by molar-refractivity contribution is -0.00214. The number of nitrogens with zero attached hydrogens (tertiary/aromatic N) is 5. The van der Waals surface area contributed by atoms with Crippen LogP contribution in [0.1, 0.15) is 49.3 Å². The van der Waals surface area contributed by atoms with E-state index in [2.05, 4.69) is 51.3 Å². The predicted octanol–water partition coefficient (Wildman–Crippen LogP) is 4.44. The Hall–Kier alpha value is -2.40. The second-order valence-corrected chi connectivity index (χ2v) is 10.9.